The fourth-order valence-electron chi connectivity index (χ4n) is 3.87. The van der Waals surface area contributed by atoms with Crippen LogP contribution in [0.25, 0.3) is 0 Å². The van der Waals surface area contributed by atoms with Crippen LogP contribution >= 0.6 is 23.2 Å². The van der Waals surface area contributed by atoms with Gasteiger partial charge in [0.2, 0.25) is 0 Å². The van der Waals surface area contributed by atoms with Crippen LogP contribution in [0.1, 0.15) is 24.0 Å². The van der Waals surface area contributed by atoms with Gasteiger partial charge in [-0.25, -0.2) is 4.79 Å². The van der Waals surface area contributed by atoms with Gasteiger partial charge in [-0.1, -0.05) is 41.4 Å². The maximum atomic E-state index is 13.0. The van der Waals surface area contributed by atoms with E-state index in [1.165, 1.54) is 24.3 Å². The smallest absolute Gasteiger partial charge is 0.390 e. The largest absolute Gasteiger partial charge is 0.400 e. The Kier molecular flexibility index (Phi) is 12.9. The summed E-state index contributed by atoms with van der Waals surface area (Å²) in [7, 11) is 2.96. The summed E-state index contributed by atoms with van der Waals surface area (Å²) in [5.74, 6) is -0.379. The highest BCUT2D eigenvalue weighted by Crippen LogP contribution is 2.22. The number of nitrogens with one attached hydrogen (secondary N) is 2. The molecule has 0 aromatic heterocycles. The number of nitrogens with zero attached hydrogens (tertiary/aromatic N) is 3. The number of hydrogen-bond acceptors (Lipinski definition) is 6. The fraction of sp³-hybridized carbons (Fsp3) is 0.370. The summed E-state index contributed by atoms with van der Waals surface area (Å²) in [4.78, 5) is 20.5. The van der Waals surface area contributed by atoms with Crippen LogP contribution in [0.5, 0.6) is 0 Å². The maximum absolute atomic E-state index is 13.0. The third-order valence-corrected chi connectivity index (χ3v) is 6.60. The van der Waals surface area contributed by atoms with Gasteiger partial charge in [-0.2, -0.15) is 13.2 Å². The van der Waals surface area contributed by atoms with E-state index in [-0.39, 0.29) is 17.9 Å². The molecule has 0 unspecified atom stereocenters. The summed E-state index contributed by atoms with van der Waals surface area (Å²) in [5, 5.41) is 18.9. The topological polar surface area (TPSA) is 118 Å². The van der Waals surface area contributed by atoms with Gasteiger partial charge in [-0.15, -0.1) is 0 Å². The second-order valence-corrected chi connectivity index (χ2v) is 9.72. The SMILES string of the molecule is CN1CC/C(=C(/N)CNC(=O)N(CCC(F)(F)F)C(=N)c2ccc(Cl)cc2)C(=NCc2ccccc2Cl)C1.CO. The summed E-state index contributed by atoms with van der Waals surface area (Å²) in [6.45, 7) is 0.804. The maximum Gasteiger partial charge on any atom is 0.390 e. The van der Waals surface area contributed by atoms with Crippen molar-refractivity contribution >= 4 is 40.8 Å². The number of amides is 2. The lowest BCUT2D eigenvalue weighted by Gasteiger charge is -2.28. The molecule has 13 heteroatoms. The van der Waals surface area contributed by atoms with E-state index >= 15 is 0 Å². The van der Waals surface area contributed by atoms with Crippen LogP contribution in [-0.2, 0) is 6.54 Å². The molecule has 0 spiro atoms. The van der Waals surface area contributed by atoms with Crippen LogP contribution in [0.2, 0.25) is 10.0 Å². The van der Waals surface area contributed by atoms with Crippen LogP contribution in [0.3, 0.4) is 0 Å². The average molecular weight is 602 g/mol. The number of alkyl halides is 3. The Morgan fingerprint density at radius 1 is 1.18 bits per heavy atom. The Morgan fingerprint density at radius 2 is 1.82 bits per heavy atom. The van der Waals surface area contributed by atoms with Crippen LogP contribution < -0.4 is 11.1 Å². The van der Waals surface area contributed by atoms with Crippen molar-refractivity contribution in [2.45, 2.75) is 25.6 Å². The minimum atomic E-state index is -4.50. The predicted molar refractivity (Wildman–Crippen MR) is 153 cm³/mol. The van der Waals surface area contributed by atoms with Gasteiger partial charge in [0, 0.05) is 48.0 Å². The molecule has 3 rings (SSSR count). The van der Waals surface area contributed by atoms with Gasteiger partial charge in [0.25, 0.3) is 0 Å². The number of aliphatic imine (C=N–C) groups is 1. The number of nitrogens with two attached hydrogens (primary N) is 1. The number of aliphatic hydroxyl groups excluding tert-OH is 1. The Hall–Kier alpha value is -3.12. The van der Waals surface area contributed by atoms with Gasteiger partial charge in [0.15, 0.2) is 0 Å². The zero-order chi connectivity index (χ0) is 29.9. The lowest BCUT2D eigenvalue weighted by molar-refractivity contribution is -0.135. The molecular formula is C27H33Cl2F3N6O2. The van der Waals surface area contributed by atoms with Gasteiger partial charge < -0.3 is 21.1 Å². The number of likely N-dealkylation sites (tertiary alicyclic amines) is 1. The van der Waals surface area contributed by atoms with E-state index in [4.69, 9.17) is 44.4 Å². The fourth-order valence-corrected chi connectivity index (χ4v) is 4.19. The van der Waals surface area contributed by atoms with Gasteiger partial charge in [-0.05, 0) is 54.9 Å². The highest BCUT2D eigenvalue weighted by atomic mass is 35.5. The van der Waals surface area contributed by atoms with E-state index in [2.05, 4.69) is 10.2 Å². The Morgan fingerprint density at radius 3 is 2.45 bits per heavy atom. The van der Waals surface area contributed by atoms with Crippen molar-refractivity contribution in [3.63, 3.8) is 0 Å². The molecule has 0 atom stereocenters. The second kappa shape index (κ2) is 15.6. The average Bonchev–Trinajstić information content (AvgIpc) is 2.92. The van der Waals surface area contributed by atoms with E-state index in [1.807, 2.05) is 25.2 Å². The van der Waals surface area contributed by atoms with Crippen LogP contribution in [0, 0.1) is 5.41 Å². The number of amidine groups is 1. The van der Waals surface area contributed by atoms with Gasteiger partial charge in [0.1, 0.15) is 5.84 Å². The Bertz CT molecular complexity index is 1220. The van der Waals surface area contributed by atoms with Crippen molar-refractivity contribution in [3.8, 4) is 0 Å². The minimum Gasteiger partial charge on any atom is -0.400 e. The first-order chi connectivity index (χ1) is 18.9. The second-order valence-electron chi connectivity index (χ2n) is 8.88. The Labute approximate surface area is 241 Å². The molecule has 0 radical (unpaired) electrons. The monoisotopic (exact) mass is 600 g/mol. The summed E-state index contributed by atoms with van der Waals surface area (Å²) in [5.41, 5.74) is 9.37. The molecule has 2 aromatic rings. The number of piperidine rings is 1. The van der Waals surface area contributed by atoms with Crippen molar-refractivity contribution < 1.29 is 23.1 Å². The molecule has 1 fully saturated rings. The van der Waals surface area contributed by atoms with Crippen LogP contribution in [0.4, 0.5) is 18.0 Å². The number of carbonyl (C=O) groups is 1. The van der Waals surface area contributed by atoms with Crippen molar-refractivity contribution in [3.05, 3.63) is 81.0 Å². The molecule has 5 N–H and O–H groups in total. The van der Waals surface area contributed by atoms with Crippen molar-refractivity contribution in [2.24, 2.45) is 10.7 Å². The molecule has 0 bridgehead atoms. The quantitative estimate of drug-likeness (QED) is 0.262. The van der Waals surface area contributed by atoms with Crippen molar-refractivity contribution in [2.75, 3.05) is 40.3 Å². The summed E-state index contributed by atoms with van der Waals surface area (Å²) < 4.78 is 38.9. The molecular weight excluding hydrogens is 568 g/mol. The van der Waals surface area contributed by atoms with Gasteiger partial charge >= 0.3 is 12.2 Å². The number of rotatable bonds is 7. The number of aliphatic hydroxyl groups is 1. The van der Waals surface area contributed by atoms with E-state index in [1.54, 1.807) is 6.07 Å². The molecule has 1 aliphatic rings. The molecule has 1 heterocycles. The van der Waals surface area contributed by atoms with Crippen molar-refractivity contribution in [1.29, 1.82) is 5.41 Å². The first kappa shape index (κ1) is 33.1. The summed E-state index contributed by atoms with van der Waals surface area (Å²) in [6.07, 6.45) is -5.17. The molecule has 0 saturated carbocycles. The van der Waals surface area contributed by atoms with Gasteiger partial charge in [0.05, 0.1) is 25.2 Å². The van der Waals surface area contributed by atoms with Crippen LogP contribution in [0.15, 0.2) is 64.8 Å². The summed E-state index contributed by atoms with van der Waals surface area (Å²) >= 11 is 12.1. The predicted octanol–water partition coefficient (Wildman–Crippen LogP) is 5.08. The zero-order valence-electron chi connectivity index (χ0n) is 22.2. The van der Waals surface area contributed by atoms with E-state index in [0.29, 0.717) is 35.3 Å². The lowest BCUT2D eigenvalue weighted by atomic mass is 9.99. The molecule has 2 aromatic carbocycles. The molecule has 0 aliphatic carbocycles. The normalized spacial score (nSPS) is 16.1. The molecule has 218 valence electrons. The standard InChI is InChI=1S/C26H29Cl2F3N6O.CH4O/c1-36-12-10-20(23(16-36)34-14-18-4-2-3-5-21(18)28)22(32)15-35-25(38)37(13-11-26(29,30)31)24(33)17-6-8-19(27)9-7-17;1-2/h2-9,33H,10-16,32H2,1H3,(H,35,38);2H,1H3/b22-20-,33-24?,34-23?;. The number of benzene rings is 2. The molecule has 1 aliphatic heterocycles. The molecule has 8 nitrogen and oxygen atoms in total. The zero-order valence-corrected chi connectivity index (χ0v) is 23.7. The van der Waals surface area contributed by atoms with E-state index in [9.17, 15) is 18.0 Å². The third-order valence-electron chi connectivity index (χ3n) is 5.98. The van der Waals surface area contributed by atoms with E-state index in [0.717, 1.165) is 35.4 Å². The van der Waals surface area contributed by atoms with E-state index < -0.39 is 25.2 Å². The lowest BCUT2D eigenvalue weighted by Crippen LogP contribution is -2.46. The highest BCUT2D eigenvalue weighted by Gasteiger charge is 2.31. The summed E-state index contributed by atoms with van der Waals surface area (Å²) in [6, 6.07) is 12.5. The Balaban J connectivity index is 0.00000274. The molecule has 1 saturated heterocycles. The third kappa shape index (κ3) is 10.1. The van der Waals surface area contributed by atoms with Crippen LogP contribution in [-0.4, -0.2) is 79.0 Å². The molecule has 2 amide bonds. The number of halogens is 5. The number of hydrogen-bond donors (Lipinski definition) is 4. The minimum absolute atomic E-state index is 0.112. The van der Waals surface area contributed by atoms with Gasteiger partial charge in [-0.3, -0.25) is 15.3 Å². The molecule has 40 heavy (non-hydrogen) atoms. The first-order valence-corrected chi connectivity index (χ1v) is 13.0. The number of carbonyl (C=O) groups excluding carboxylic acids is 1. The van der Waals surface area contributed by atoms with Crippen molar-refractivity contribution in [1.82, 2.24) is 15.1 Å². The number of urea groups is 1. The first-order valence-electron chi connectivity index (χ1n) is 12.3. The highest BCUT2D eigenvalue weighted by molar-refractivity contribution is 6.31.